The number of anilines is 1. The van der Waals surface area contributed by atoms with Gasteiger partial charge in [-0.05, 0) is 41.2 Å². The van der Waals surface area contributed by atoms with E-state index in [0.717, 1.165) is 17.9 Å². The van der Waals surface area contributed by atoms with Crippen molar-refractivity contribution >= 4 is 44.3 Å². The zero-order chi connectivity index (χ0) is 25.2. The first-order valence-electron chi connectivity index (χ1n) is 10.0. The summed E-state index contributed by atoms with van der Waals surface area (Å²) < 4.78 is 38.2. The Morgan fingerprint density at radius 1 is 1.48 bits per heavy atom. The third kappa shape index (κ3) is 5.97. The van der Waals surface area contributed by atoms with E-state index in [1.807, 2.05) is 6.92 Å². The molecule has 1 aliphatic rings. The molecule has 0 bridgehead atoms. The molecule has 0 radical (unpaired) electrons. The number of amides is 2. The van der Waals surface area contributed by atoms with Gasteiger partial charge in [-0.3, -0.25) is 19.5 Å². The predicted octanol–water partition coefficient (Wildman–Crippen LogP) is 0.105. The molecular formula is C18H30N6O7S2. The first-order valence-corrected chi connectivity index (χ1v) is 12.3. The Morgan fingerprint density at radius 3 is 2.61 bits per heavy atom. The number of oxime groups is 1. The molecular weight excluding hydrogens is 476 g/mol. The number of carbonyl (C=O) groups is 2. The molecule has 1 saturated heterocycles. The van der Waals surface area contributed by atoms with Crippen molar-refractivity contribution < 1.29 is 32.1 Å². The SMILES string of the molecule is CCNCOC(C)C(C)(C)O/N=C(\C(=O)N[C@@H]1C(=O)N(S(=O)(=O)O)C1(C)C)c1csc(N)n1. The van der Waals surface area contributed by atoms with Gasteiger partial charge in [0.25, 0.3) is 11.8 Å². The summed E-state index contributed by atoms with van der Waals surface area (Å²) in [5.41, 5.74) is 3.19. The molecule has 0 saturated carbocycles. The lowest BCUT2D eigenvalue weighted by molar-refractivity contribution is -0.151. The summed E-state index contributed by atoms with van der Waals surface area (Å²) in [6.07, 6.45) is -0.416. The summed E-state index contributed by atoms with van der Waals surface area (Å²) in [5.74, 6) is -1.82. The number of nitrogen functional groups attached to an aromatic ring is 1. The Hall–Kier alpha value is -2.33. The van der Waals surface area contributed by atoms with Gasteiger partial charge < -0.3 is 20.6 Å². The average Bonchev–Trinajstić information content (AvgIpc) is 3.10. The summed E-state index contributed by atoms with van der Waals surface area (Å²) >= 11 is 1.08. The predicted molar refractivity (Wildman–Crippen MR) is 122 cm³/mol. The zero-order valence-corrected chi connectivity index (χ0v) is 20.9. The highest BCUT2D eigenvalue weighted by molar-refractivity contribution is 7.84. The molecule has 15 heteroatoms. The second-order valence-corrected chi connectivity index (χ2v) is 10.6. The highest BCUT2D eigenvalue weighted by Crippen LogP contribution is 2.34. The fourth-order valence-corrected chi connectivity index (χ4v) is 4.51. The van der Waals surface area contributed by atoms with Crippen LogP contribution in [-0.4, -0.2) is 76.3 Å². The van der Waals surface area contributed by atoms with Gasteiger partial charge in [-0.2, -0.15) is 8.42 Å². The maximum Gasteiger partial charge on any atom is 0.362 e. The van der Waals surface area contributed by atoms with Crippen molar-refractivity contribution in [3.63, 3.8) is 0 Å². The van der Waals surface area contributed by atoms with Gasteiger partial charge in [0.05, 0.1) is 18.4 Å². The van der Waals surface area contributed by atoms with E-state index in [2.05, 4.69) is 20.8 Å². The molecule has 1 fully saturated rings. The van der Waals surface area contributed by atoms with Crippen LogP contribution in [-0.2, 0) is 29.5 Å². The normalized spacial score (nSPS) is 19.7. The van der Waals surface area contributed by atoms with Gasteiger partial charge in [-0.1, -0.05) is 12.1 Å². The van der Waals surface area contributed by atoms with E-state index in [1.54, 1.807) is 20.8 Å². The number of thiazole rings is 1. The van der Waals surface area contributed by atoms with E-state index < -0.39 is 45.4 Å². The number of hydrogen-bond donors (Lipinski definition) is 4. The standard InChI is InChI=1S/C18H30N6O7S2/c1-7-20-9-30-10(2)18(5,6)31-23-12(11-8-32-16(19)21-11)14(25)22-13-15(26)24(17(13,3)4)33(27,28)29/h8,10,13,20H,7,9H2,1-6H3,(H2,19,21)(H,22,25)(H,27,28,29)/b23-12-/t10?,13-/m1/s1. The maximum atomic E-state index is 13.0. The van der Waals surface area contributed by atoms with E-state index >= 15 is 0 Å². The first kappa shape index (κ1) is 26.9. The molecule has 1 aromatic rings. The minimum absolute atomic E-state index is 0.114. The largest absolute Gasteiger partial charge is 0.386 e. The van der Waals surface area contributed by atoms with Crippen molar-refractivity contribution in [3.05, 3.63) is 11.1 Å². The minimum Gasteiger partial charge on any atom is -0.386 e. The topological polar surface area (TPSA) is 186 Å². The van der Waals surface area contributed by atoms with Crippen LogP contribution in [0.3, 0.4) is 0 Å². The molecule has 0 aromatic carbocycles. The molecule has 2 heterocycles. The lowest BCUT2D eigenvalue weighted by atomic mass is 9.85. The molecule has 2 rings (SSSR count). The van der Waals surface area contributed by atoms with Crippen LogP contribution in [0.2, 0.25) is 0 Å². The molecule has 2 amide bonds. The van der Waals surface area contributed by atoms with Crippen molar-refractivity contribution in [1.82, 2.24) is 19.9 Å². The van der Waals surface area contributed by atoms with Gasteiger partial charge in [-0.25, -0.2) is 9.29 Å². The van der Waals surface area contributed by atoms with E-state index in [1.165, 1.54) is 19.2 Å². The summed E-state index contributed by atoms with van der Waals surface area (Å²) in [7, 11) is -4.78. The summed E-state index contributed by atoms with van der Waals surface area (Å²) in [6.45, 7) is 11.0. The molecule has 0 aliphatic carbocycles. The molecule has 0 spiro atoms. The number of aromatic nitrogens is 1. The molecule has 1 unspecified atom stereocenters. The second-order valence-electron chi connectivity index (χ2n) is 8.40. The highest BCUT2D eigenvalue weighted by atomic mass is 32.2. The van der Waals surface area contributed by atoms with Crippen molar-refractivity contribution in [2.75, 3.05) is 19.0 Å². The summed E-state index contributed by atoms with van der Waals surface area (Å²) in [4.78, 5) is 35.0. The number of nitrogens with two attached hydrogens (primary N) is 1. The smallest absolute Gasteiger partial charge is 0.362 e. The highest BCUT2D eigenvalue weighted by Gasteiger charge is 2.60. The zero-order valence-electron chi connectivity index (χ0n) is 19.3. The number of rotatable bonds is 11. The van der Waals surface area contributed by atoms with E-state index in [9.17, 15) is 22.6 Å². The number of nitrogens with zero attached hydrogens (tertiary/aromatic N) is 3. The van der Waals surface area contributed by atoms with Crippen molar-refractivity contribution in [2.24, 2.45) is 5.16 Å². The third-order valence-electron chi connectivity index (χ3n) is 5.20. The van der Waals surface area contributed by atoms with Gasteiger partial charge >= 0.3 is 10.3 Å². The number of nitrogens with one attached hydrogen (secondary N) is 2. The van der Waals surface area contributed by atoms with Crippen molar-refractivity contribution in [2.45, 2.75) is 64.8 Å². The minimum atomic E-state index is -4.78. The van der Waals surface area contributed by atoms with Crippen molar-refractivity contribution in [3.8, 4) is 0 Å². The summed E-state index contributed by atoms with van der Waals surface area (Å²) in [6, 6.07) is -1.23. The number of carbonyl (C=O) groups excluding carboxylic acids is 2. The fraction of sp³-hybridized carbons (Fsp3) is 0.667. The number of β-lactam (4-membered cyclic amide) rings is 1. The van der Waals surface area contributed by atoms with Gasteiger partial charge in [0, 0.05) is 5.38 Å². The molecule has 1 aliphatic heterocycles. The first-order chi connectivity index (χ1) is 15.1. The molecule has 186 valence electrons. The fourth-order valence-electron chi connectivity index (χ4n) is 2.93. The third-order valence-corrected chi connectivity index (χ3v) is 6.99. The maximum absolute atomic E-state index is 13.0. The Balaban J connectivity index is 2.25. The monoisotopic (exact) mass is 506 g/mol. The van der Waals surface area contributed by atoms with Crippen LogP contribution in [0.25, 0.3) is 0 Å². The average molecular weight is 507 g/mol. The molecule has 33 heavy (non-hydrogen) atoms. The van der Waals surface area contributed by atoms with Crippen molar-refractivity contribution in [1.29, 1.82) is 0 Å². The van der Waals surface area contributed by atoms with Gasteiger partial charge in [0.15, 0.2) is 16.4 Å². The molecule has 5 N–H and O–H groups in total. The summed E-state index contributed by atoms with van der Waals surface area (Å²) in [5, 5.41) is 11.1. The number of ether oxygens (including phenoxy) is 1. The lowest BCUT2D eigenvalue weighted by Crippen LogP contribution is -2.77. The van der Waals surface area contributed by atoms with Crippen LogP contribution in [0.4, 0.5) is 5.13 Å². The number of hydrogen-bond acceptors (Lipinski definition) is 11. The quantitative estimate of drug-likeness (QED) is 0.0801. The van der Waals surface area contributed by atoms with Crippen LogP contribution in [0, 0.1) is 0 Å². The van der Waals surface area contributed by atoms with Gasteiger partial charge in [-0.15, -0.1) is 11.3 Å². The van der Waals surface area contributed by atoms with Crippen LogP contribution >= 0.6 is 11.3 Å². The van der Waals surface area contributed by atoms with Gasteiger partial charge in [0.1, 0.15) is 11.7 Å². The van der Waals surface area contributed by atoms with E-state index in [0.29, 0.717) is 11.0 Å². The Bertz CT molecular complexity index is 1020. The van der Waals surface area contributed by atoms with E-state index in [4.69, 9.17) is 15.3 Å². The Kier molecular flexibility index (Phi) is 8.06. The van der Waals surface area contributed by atoms with Crippen LogP contribution in [0.5, 0.6) is 0 Å². The van der Waals surface area contributed by atoms with E-state index in [-0.39, 0.29) is 16.5 Å². The van der Waals surface area contributed by atoms with Crippen LogP contribution < -0.4 is 16.4 Å². The van der Waals surface area contributed by atoms with Crippen LogP contribution in [0.15, 0.2) is 10.5 Å². The second kappa shape index (κ2) is 9.89. The van der Waals surface area contributed by atoms with Gasteiger partial charge in [0.2, 0.25) is 0 Å². The Labute approximate surface area is 196 Å². The molecule has 1 aromatic heterocycles. The Morgan fingerprint density at radius 2 is 2.12 bits per heavy atom. The lowest BCUT2D eigenvalue weighted by Gasteiger charge is -2.50. The molecule has 2 atom stereocenters. The van der Waals surface area contributed by atoms with Crippen LogP contribution in [0.1, 0.15) is 47.2 Å². The molecule has 13 nitrogen and oxygen atoms in total.